The van der Waals surface area contributed by atoms with Crippen LogP contribution in [0.3, 0.4) is 0 Å². The number of carbonyl (C=O) groups is 1. The molecule has 1 aliphatic rings. The molecule has 1 fully saturated rings. The van der Waals surface area contributed by atoms with Crippen molar-refractivity contribution in [2.75, 3.05) is 13.2 Å². The van der Waals surface area contributed by atoms with Crippen molar-refractivity contribution >= 4 is 5.97 Å². The lowest BCUT2D eigenvalue weighted by atomic mass is 9.95. The Balaban J connectivity index is 2.12. The zero-order valence-electron chi connectivity index (χ0n) is 9.27. The summed E-state index contributed by atoms with van der Waals surface area (Å²) >= 11 is 0. The van der Waals surface area contributed by atoms with E-state index in [0.29, 0.717) is 13.2 Å². The standard InChI is InChI=1S/C12H16N2O2/c1-2-16-12(15)10-8-13-14-11(10)9-6-4-3-5-7-9/h3-7,10-11,13-14H,2,8H2,1H3. The predicted molar refractivity (Wildman–Crippen MR) is 60.4 cm³/mol. The molecule has 2 unspecified atom stereocenters. The second kappa shape index (κ2) is 5.09. The summed E-state index contributed by atoms with van der Waals surface area (Å²) in [5, 5.41) is 0. The number of ether oxygens (including phenoxy) is 1. The third-order valence-electron chi connectivity index (χ3n) is 2.73. The summed E-state index contributed by atoms with van der Waals surface area (Å²) in [4.78, 5) is 11.7. The maximum atomic E-state index is 11.7. The lowest BCUT2D eigenvalue weighted by Crippen LogP contribution is -2.27. The van der Waals surface area contributed by atoms with Gasteiger partial charge in [-0.25, -0.2) is 5.43 Å². The monoisotopic (exact) mass is 220 g/mol. The van der Waals surface area contributed by atoms with E-state index >= 15 is 0 Å². The number of rotatable bonds is 3. The Hall–Kier alpha value is -1.39. The summed E-state index contributed by atoms with van der Waals surface area (Å²) in [5.41, 5.74) is 7.22. The minimum Gasteiger partial charge on any atom is -0.466 e. The number of benzene rings is 1. The van der Waals surface area contributed by atoms with Crippen molar-refractivity contribution in [3.63, 3.8) is 0 Å². The van der Waals surface area contributed by atoms with E-state index in [1.807, 2.05) is 37.3 Å². The molecule has 4 nitrogen and oxygen atoms in total. The minimum absolute atomic E-state index is 0.000231. The van der Waals surface area contributed by atoms with Crippen molar-refractivity contribution in [1.82, 2.24) is 10.9 Å². The Kier molecular flexibility index (Phi) is 3.54. The number of hydrazine groups is 1. The van der Waals surface area contributed by atoms with Crippen molar-refractivity contribution in [2.24, 2.45) is 5.92 Å². The van der Waals surface area contributed by atoms with Gasteiger partial charge >= 0.3 is 5.97 Å². The molecule has 1 aromatic rings. The Morgan fingerprint density at radius 1 is 1.44 bits per heavy atom. The molecule has 0 bridgehead atoms. The predicted octanol–water partition coefficient (Wildman–Crippen LogP) is 1.01. The van der Waals surface area contributed by atoms with Crippen LogP contribution in [0.25, 0.3) is 0 Å². The zero-order valence-corrected chi connectivity index (χ0v) is 9.27. The highest BCUT2D eigenvalue weighted by molar-refractivity contribution is 5.74. The van der Waals surface area contributed by atoms with Gasteiger partial charge in [0.15, 0.2) is 0 Å². The smallest absolute Gasteiger partial charge is 0.312 e. The summed E-state index contributed by atoms with van der Waals surface area (Å²) in [7, 11) is 0. The van der Waals surface area contributed by atoms with Crippen LogP contribution >= 0.6 is 0 Å². The number of esters is 1. The van der Waals surface area contributed by atoms with Crippen LogP contribution in [0.4, 0.5) is 0 Å². The number of carbonyl (C=O) groups excluding carboxylic acids is 1. The zero-order chi connectivity index (χ0) is 11.4. The molecule has 2 rings (SSSR count). The molecule has 0 spiro atoms. The first-order valence-electron chi connectivity index (χ1n) is 5.53. The average molecular weight is 220 g/mol. The van der Waals surface area contributed by atoms with E-state index in [4.69, 9.17) is 4.74 Å². The van der Waals surface area contributed by atoms with E-state index in [1.165, 1.54) is 0 Å². The Morgan fingerprint density at radius 3 is 2.88 bits per heavy atom. The number of hydrogen-bond acceptors (Lipinski definition) is 4. The van der Waals surface area contributed by atoms with Crippen molar-refractivity contribution in [2.45, 2.75) is 13.0 Å². The first-order valence-corrected chi connectivity index (χ1v) is 5.53. The molecule has 0 aromatic heterocycles. The first-order chi connectivity index (χ1) is 7.83. The van der Waals surface area contributed by atoms with Crippen molar-refractivity contribution in [3.8, 4) is 0 Å². The minimum atomic E-state index is -0.151. The average Bonchev–Trinajstić information content (AvgIpc) is 2.79. The maximum absolute atomic E-state index is 11.7. The van der Waals surface area contributed by atoms with Gasteiger partial charge in [-0.1, -0.05) is 30.3 Å². The van der Waals surface area contributed by atoms with Gasteiger partial charge < -0.3 is 4.74 Å². The van der Waals surface area contributed by atoms with Crippen LogP contribution in [0.5, 0.6) is 0 Å². The molecular formula is C12H16N2O2. The number of nitrogens with one attached hydrogen (secondary N) is 2. The van der Waals surface area contributed by atoms with Crippen LogP contribution in [-0.2, 0) is 9.53 Å². The maximum Gasteiger partial charge on any atom is 0.312 e. The Bertz CT molecular complexity index is 353. The molecule has 2 N–H and O–H groups in total. The van der Waals surface area contributed by atoms with Gasteiger partial charge in [0.2, 0.25) is 0 Å². The summed E-state index contributed by atoms with van der Waals surface area (Å²) < 4.78 is 5.06. The fourth-order valence-corrected chi connectivity index (χ4v) is 1.94. The van der Waals surface area contributed by atoms with E-state index in [9.17, 15) is 4.79 Å². The summed E-state index contributed by atoms with van der Waals surface area (Å²) in [6, 6.07) is 9.92. The van der Waals surface area contributed by atoms with E-state index in [0.717, 1.165) is 5.56 Å². The molecule has 1 aromatic carbocycles. The van der Waals surface area contributed by atoms with Crippen LogP contribution in [0.2, 0.25) is 0 Å². The van der Waals surface area contributed by atoms with Gasteiger partial charge in [-0.05, 0) is 12.5 Å². The van der Waals surface area contributed by atoms with Crippen molar-refractivity contribution in [3.05, 3.63) is 35.9 Å². The normalized spacial score (nSPS) is 24.3. The molecular weight excluding hydrogens is 204 g/mol. The topological polar surface area (TPSA) is 50.4 Å². The molecule has 1 heterocycles. The fourth-order valence-electron chi connectivity index (χ4n) is 1.94. The van der Waals surface area contributed by atoms with E-state index in [1.54, 1.807) is 0 Å². The molecule has 0 amide bonds. The summed E-state index contributed by atoms with van der Waals surface area (Å²) in [5.74, 6) is -0.295. The second-order valence-corrected chi connectivity index (χ2v) is 3.77. The summed E-state index contributed by atoms with van der Waals surface area (Å²) in [6.45, 7) is 2.86. The highest BCUT2D eigenvalue weighted by Crippen LogP contribution is 2.25. The van der Waals surface area contributed by atoms with E-state index < -0.39 is 0 Å². The molecule has 16 heavy (non-hydrogen) atoms. The quantitative estimate of drug-likeness (QED) is 0.747. The van der Waals surface area contributed by atoms with Crippen LogP contribution in [-0.4, -0.2) is 19.1 Å². The van der Waals surface area contributed by atoms with Gasteiger partial charge in [-0.15, -0.1) is 0 Å². The van der Waals surface area contributed by atoms with E-state index in [-0.39, 0.29) is 17.9 Å². The Morgan fingerprint density at radius 2 is 2.19 bits per heavy atom. The fraction of sp³-hybridized carbons (Fsp3) is 0.417. The van der Waals surface area contributed by atoms with E-state index in [2.05, 4.69) is 10.9 Å². The van der Waals surface area contributed by atoms with Gasteiger partial charge in [-0.2, -0.15) is 0 Å². The van der Waals surface area contributed by atoms with Crippen LogP contribution in [0, 0.1) is 5.92 Å². The Labute approximate surface area is 95.0 Å². The highest BCUT2D eigenvalue weighted by Gasteiger charge is 2.34. The largest absolute Gasteiger partial charge is 0.466 e. The van der Waals surface area contributed by atoms with Gasteiger partial charge in [-0.3, -0.25) is 10.2 Å². The van der Waals surface area contributed by atoms with Crippen LogP contribution in [0.15, 0.2) is 30.3 Å². The molecule has 1 saturated heterocycles. The van der Waals surface area contributed by atoms with Gasteiger partial charge in [0.1, 0.15) is 0 Å². The second-order valence-electron chi connectivity index (χ2n) is 3.77. The molecule has 2 atom stereocenters. The lowest BCUT2D eigenvalue weighted by molar-refractivity contribution is -0.147. The SMILES string of the molecule is CCOC(=O)C1CNNC1c1ccccc1. The molecule has 0 saturated carbocycles. The lowest BCUT2D eigenvalue weighted by Gasteiger charge is -2.17. The molecule has 1 aliphatic heterocycles. The molecule has 0 radical (unpaired) electrons. The van der Waals surface area contributed by atoms with Crippen molar-refractivity contribution < 1.29 is 9.53 Å². The van der Waals surface area contributed by atoms with Crippen LogP contribution < -0.4 is 10.9 Å². The van der Waals surface area contributed by atoms with Gasteiger partial charge in [0.05, 0.1) is 18.6 Å². The number of hydrogen-bond donors (Lipinski definition) is 2. The van der Waals surface area contributed by atoms with Crippen molar-refractivity contribution in [1.29, 1.82) is 0 Å². The third-order valence-corrected chi connectivity index (χ3v) is 2.73. The molecule has 4 heteroatoms. The summed E-state index contributed by atoms with van der Waals surface area (Å²) in [6.07, 6.45) is 0. The van der Waals surface area contributed by atoms with Crippen LogP contribution in [0.1, 0.15) is 18.5 Å². The third kappa shape index (κ3) is 2.23. The molecule has 0 aliphatic carbocycles. The molecule has 86 valence electrons. The first kappa shape index (κ1) is 11.1. The van der Waals surface area contributed by atoms with Gasteiger partial charge in [0, 0.05) is 6.54 Å². The van der Waals surface area contributed by atoms with Gasteiger partial charge in [0.25, 0.3) is 0 Å². The highest BCUT2D eigenvalue weighted by atomic mass is 16.5.